The lowest BCUT2D eigenvalue weighted by Gasteiger charge is -2.31. The largest absolute Gasteiger partial charge is 0.264 e. The van der Waals surface area contributed by atoms with E-state index in [4.69, 9.17) is 0 Å². The first-order chi connectivity index (χ1) is 11.6. The number of rotatable bonds is 5. The molecule has 2 heterocycles. The Bertz CT molecular complexity index is 767. The molecular formula is C19H24N2O2S. The Hall–Kier alpha value is -1.72. The van der Waals surface area contributed by atoms with Crippen molar-refractivity contribution in [3.05, 3.63) is 59.9 Å². The van der Waals surface area contributed by atoms with Gasteiger partial charge in [0.05, 0.1) is 4.90 Å². The third-order valence-corrected chi connectivity index (χ3v) is 6.79. The lowest BCUT2D eigenvalue weighted by atomic mass is 9.92. The fraction of sp³-hybridized carbons (Fsp3) is 0.421. The number of sulfonamides is 1. The number of aromatic nitrogens is 1. The predicted molar refractivity (Wildman–Crippen MR) is 95.2 cm³/mol. The molecule has 0 aliphatic carbocycles. The van der Waals surface area contributed by atoms with Gasteiger partial charge in [-0.25, -0.2) is 8.42 Å². The smallest absolute Gasteiger partial charge is 0.243 e. The molecule has 0 amide bonds. The van der Waals surface area contributed by atoms with Crippen molar-refractivity contribution >= 4 is 10.0 Å². The van der Waals surface area contributed by atoms with Crippen molar-refractivity contribution in [1.82, 2.24) is 9.29 Å². The summed E-state index contributed by atoms with van der Waals surface area (Å²) in [5, 5.41) is 0. The molecule has 1 aliphatic heterocycles. The summed E-state index contributed by atoms with van der Waals surface area (Å²) in [7, 11) is -3.38. The summed E-state index contributed by atoms with van der Waals surface area (Å²) >= 11 is 0. The molecule has 1 saturated heterocycles. The molecule has 1 aromatic carbocycles. The van der Waals surface area contributed by atoms with E-state index in [2.05, 4.69) is 11.1 Å². The van der Waals surface area contributed by atoms with Crippen LogP contribution in [-0.2, 0) is 22.9 Å². The van der Waals surface area contributed by atoms with Crippen molar-refractivity contribution < 1.29 is 8.42 Å². The molecule has 0 bridgehead atoms. The second-order valence-electron chi connectivity index (χ2n) is 6.37. The van der Waals surface area contributed by atoms with Crippen LogP contribution in [0.2, 0.25) is 0 Å². The third-order valence-electron chi connectivity index (χ3n) is 4.79. The van der Waals surface area contributed by atoms with Gasteiger partial charge < -0.3 is 0 Å². The first-order valence-corrected chi connectivity index (χ1v) is 10.0. The average molecular weight is 344 g/mol. The Morgan fingerprint density at radius 1 is 1.12 bits per heavy atom. The maximum atomic E-state index is 12.9. The van der Waals surface area contributed by atoms with Crippen molar-refractivity contribution in [3.8, 4) is 0 Å². The van der Waals surface area contributed by atoms with Gasteiger partial charge in [-0.05, 0) is 54.9 Å². The van der Waals surface area contributed by atoms with Crippen LogP contribution in [0.25, 0.3) is 0 Å². The highest BCUT2D eigenvalue weighted by atomic mass is 32.2. The summed E-state index contributed by atoms with van der Waals surface area (Å²) in [6.07, 6.45) is 7.20. The number of pyridine rings is 1. The Morgan fingerprint density at radius 2 is 1.88 bits per heavy atom. The van der Waals surface area contributed by atoms with Crippen LogP contribution in [0.3, 0.4) is 0 Å². The summed E-state index contributed by atoms with van der Waals surface area (Å²) < 4.78 is 27.5. The molecule has 1 aliphatic rings. The summed E-state index contributed by atoms with van der Waals surface area (Å²) in [6, 6.07) is 11.4. The van der Waals surface area contributed by atoms with Gasteiger partial charge in [0, 0.05) is 25.5 Å². The average Bonchev–Trinajstić information content (AvgIpc) is 2.63. The summed E-state index contributed by atoms with van der Waals surface area (Å²) in [6.45, 7) is 3.20. The molecule has 24 heavy (non-hydrogen) atoms. The lowest BCUT2D eigenvalue weighted by Crippen LogP contribution is -2.39. The zero-order valence-corrected chi connectivity index (χ0v) is 14.9. The normalized spacial score (nSPS) is 17.0. The zero-order chi connectivity index (χ0) is 17.0. The molecular weight excluding hydrogens is 320 g/mol. The van der Waals surface area contributed by atoms with Gasteiger partial charge >= 0.3 is 0 Å². The van der Waals surface area contributed by atoms with Crippen LogP contribution in [0.15, 0.2) is 53.7 Å². The molecule has 0 saturated carbocycles. The minimum Gasteiger partial charge on any atom is -0.264 e. The zero-order valence-electron chi connectivity index (χ0n) is 14.1. The monoisotopic (exact) mass is 344 g/mol. The second-order valence-corrected chi connectivity index (χ2v) is 8.28. The van der Waals surface area contributed by atoms with Gasteiger partial charge in [0.1, 0.15) is 0 Å². The standard InChI is InChI=1S/C19H24N2O2S/c1-2-18-7-3-4-8-19(18)24(22,23)21-12-9-16(10-13-21)14-17-6-5-11-20-15-17/h3-8,11,15-16H,2,9-10,12-14H2,1H3. The van der Waals surface area contributed by atoms with Gasteiger partial charge in [-0.3, -0.25) is 4.98 Å². The Labute approximate surface area is 144 Å². The maximum Gasteiger partial charge on any atom is 0.243 e. The third kappa shape index (κ3) is 3.68. The van der Waals surface area contributed by atoms with E-state index in [1.165, 1.54) is 5.56 Å². The van der Waals surface area contributed by atoms with Gasteiger partial charge in [0.2, 0.25) is 10.0 Å². The van der Waals surface area contributed by atoms with Gasteiger partial charge in [0.15, 0.2) is 0 Å². The van der Waals surface area contributed by atoms with E-state index in [1.54, 1.807) is 22.6 Å². The van der Waals surface area contributed by atoms with E-state index in [9.17, 15) is 8.42 Å². The van der Waals surface area contributed by atoms with Crippen LogP contribution >= 0.6 is 0 Å². The van der Waals surface area contributed by atoms with Crippen LogP contribution < -0.4 is 0 Å². The molecule has 1 aromatic heterocycles. The van der Waals surface area contributed by atoms with E-state index >= 15 is 0 Å². The highest BCUT2D eigenvalue weighted by Gasteiger charge is 2.30. The number of aryl methyl sites for hydroxylation is 1. The summed E-state index contributed by atoms with van der Waals surface area (Å²) in [4.78, 5) is 4.63. The minimum atomic E-state index is -3.38. The number of nitrogens with zero attached hydrogens (tertiary/aromatic N) is 2. The number of benzene rings is 1. The van der Waals surface area contributed by atoms with Crippen molar-refractivity contribution in [2.24, 2.45) is 5.92 Å². The highest BCUT2D eigenvalue weighted by Crippen LogP contribution is 2.27. The van der Waals surface area contributed by atoms with Gasteiger partial charge in [-0.2, -0.15) is 4.31 Å². The Kier molecular flexibility index (Phi) is 5.31. The molecule has 0 spiro atoms. The second kappa shape index (κ2) is 7.45. The minimum absolute atomic E-state index is 0.471. The first kappa shape index (κ1) is 17.1. The molecule has 0 radical (unpaired) electrons. The Morgan fingerprint density at radius 3 is 2.54 bits per heavy atom. The van der Waals surface area contributed by atoms with Crippen LogP contribution in [-0.4, -0.2) is 30.8 Å². The van der Waals surface area contributed by atoms with E-state index in [0.717, 1.165) is 31.2 Å². The van der Waals surface area contributed by atoms with E-state index in [-0.39, 0.29) is 0 Å². The quantitative estimate of drug-likeness (QED) is 0.836. The fourth-order valence-corrected chi connectivity index (χ4v) is 5.16. The number of piperidine rings is 1. The first-order valence-electron chi connectivity index (χ1n) is 8.58. The maximum absolute atomic E-state index is 12.9. The summed E-state index contributed by atoms with van der Waals surface area (Å²) in [5.74, 6) is 0.530. The van der Waals surface area contributed by atoms with Crippen molar-refractivity contribution in [3.63, 3.8) is 0 Å². The SMILES string of the molecule is CCc1ccccc1S(=O)(=O)N1CCC(Cc2cccnc2)CC1. The van der Waals surface area contributed by atoms with E-state index in [0.29, 0.717) is 23.9 Å². The van der Waals surface area contributed by atoms with Gasteiger partial charge in [0.25, 0.3) is 0 Å². The molecule has 4 nitrogen and oxygen atoms in total. The van der Waals surface area contributed by atoms with Crippen molar-refractivity contribution in [2.75, 3.05) is 13.1 Å². The van der Waals surface area contributed by atoms with E-state index < -0.39 is 10.0 Å². The number of hydrogen-bond acceptors (Lipinski definition) is 3. The molecule has 2 aromatic rings. The highest BCUT2D eigenvalue weighted by molar-refractivity contribution is 7.89. The molecule has 1 fully saturated rings. The van der Waals surface area contributed by atoms with Crippen molar-refractivity contribution in [1.29, 1.82) is 0 Å². The molecule has 128 valence electrons. The Balaban J connectivity index is 1.67. The van der Waals surface area contributed by atoms with Crippen LogP contribution in [0.4, 0.5) is 0 Å². The molecule has 5 heteroatoms. The molecule has 0 atom stereocenters. The van der Waals surface area contributed by atoms with Crippen molar-refractivity contribution in [2.45, 2.75) is 37.5 Å². The summed E-state index contributed by atoms with van der Waals surface area (Å²) in [5.41, 5.74) is 2.13. The van der Waals surface area contributed by atoms with Gasteiger partial charge in [-0.1, -0.05) is 31.2 Å². The molecule has 0 unspecified atom stereocenters. The van der Waals surface area contributed by atoms with Crippen LogP contribution in [0, 0.1) is 5.92 Å². The van der Waals surface area contributed by atoms with Gasteiger partial charge in [-0.15, -0.1) is 0 Å². The number of hydrogen-bond donors (Lipinski definition) is 0. The van der Waals surface area contributed by atoms with Crippen LogP contribution in [0.5, 0.6) is 0 Å². The fourth-order valence-electron chi connectivity index (χ4n) is 3.39. The van der Waals surface area contributed by atoms with Crippen LogP contribution in [0.1, 0.15) is 30.9 Å². The molecule has 3 rings (SSSR count). The molecule has 0 N–H and O–H groups in total. The lowest BCUT2D eigenvalue weighted by molar-refractivity contribution is 0.272. The predicted octanol–water partition coefficient (Wildman–Crippen LogP) is 3.29. The van der Waals surface area contributed by atoms with E-state index in [1.807, 2.05) is 31.3 Å². The topological polar surface area (TPSA) is 50.3 Å².